The van der Waals surface area contributed by atoms with Crippen LogP contribution in [0.1, 0.15) is 27.7 Å². The van der Waals surface area contributed by atoms with E-state index in [1.807, 2.05) is 188 Å². The average Bonchev–Trinajstić information content (AvgIpc) is 3.97. The molecule has 58 heavy (non-hydrogen) atoms. The molecule has 0 radical (unpaired) electrons. The molecular weight excluding hydrogens is 1070 g/mol. The summed E-state index contributed by atoms with van der Waals surface area (Å²) in [6, 6.07) is 0. The van der Waals surface area contributed by atoms with Crippen molar-refractivity contribution in [1.29, 1.82) is 0 Å². The van der Waals surface area contributed by atoms with E-state index >= 15 is 0 Å². The monoisotopic (exact) mass is 1110 g/mol. The summed E-state index contributed by atoms with van der Waals surface area (Å²) in [7, 11) is -3.32. The van der Waals surface area contributed by atoms with Crippen LogP contribution >= 0.6 is 188 Å². The van der Waals surface area contributed by atoms with Gasteiger partial charge in [0.2, 0.25) is 11.1 Å². The highest BCUT2D eigenvalue weighted by Gasteiger charge is 2.57. The Bertz CT molecular complexity index is 1750. The molecule has 0 atom stereocenters. The highest BCUT2D eigenvalue weighted by atomic mass is 32.3. The number of carbonyl (C=O) groups excluding carboxylic acids is 1. The smallest absolute Gasteiger partial charge is 0.257 e. The van der Waals surface area contributed by atoms with Gasteiger partial charge in [-0.2, -0.15) is 0 Å². The molecule has 0 saturated heterocycles. The van der Waals surface area contributed by atoms with Crippen molar-refractivity contribution in [1.82, 2.24) is 4.90 Å². The lowest BCUT2D eigenvalue weighted by Gasteiger charge is -2.22. The molecule has 0 unspecified atom stereocenters. The molecule has 0 spiro atoms. The minimum atomic E-state index is -4.54. The molecule has 9 aliphatic rings. The van der Waals surface area contributed by atoms with E-state index in [1.165, 1.54) is 76.1 Å². The van der Waals surface area contributed by atoms with Gasteiger partial charge in [0, 0.05) is 96.5 Å². The predicted octanol–water partition coefficient (Wildman–Crippen LogP) is 10.3. The van der Waals surface area contributed by atoms with E-state index in [1.54, 1.807) is 61.6 Å². The zero-order valence-electron chi connectivity index (χ0n) is 31.3. The summed E-state index contributed by atoms with van der Waals surface area (Å²) < 4.78 is 51.4. The largest absolute Gasteiger partial charge is 0.747 e. The molecule has 9 aliphatic heterocycles. The maximum absolute atomic E-state index is 12.2. The Hall–Kier alpha value is 2.64. The van der Waals surface area contributed by atoms with Crippen LogP contribution in [0.3, 0.4) is 0 Å². The van der Waals surface area contributed by atoms with E-state index in [9.17, 15) is 22.7 Å². The molecule has 0 aromatic heterocycles. The van der Waals surface area contributed by atoms with Gasteiger partial charge in [-0.3, -0.25) is 4.79 Å². The number of rotatable bonds is 3. The topological polar surface area (TPSA) is 192 Å². The van der Waals surface area contributed by atoms with Crippen molar-refractivity contribution >= 4 is 204 Å². The van der Waals surface area contributed by atoms with Crippen LogP contribution in [0.2, 0.25) is 0 Å². The first-order valence-corrected chi connectivity index (χ1v) is 32.4. The van der Waals surface area contributed by atoms with Crippen LogP contribution in [0.5, 0.6) is 0 Å². The van der Waals surface area contributed by atoms with Crippen molar-refractivity contribution < 1.29 is 39.0 Å². The van der Waals surface area contributed by atoms with E-state index in [4.69, 9.17) is 0 Å². The maximum atomic E-state index is 12.2. The van der Waals surface area contributed by atoms with Gasteiger partial charge < -0.3 is 25.9 Å². The molecule has 9 rings (SSSR count). The summed E-state index contributed by atoms with van der Waals surface area (Å²) in [5, 5.41) is 0. The van der Waals surface area contributed by atoms with Crippen molar-refractivity contribution in [3.05, 3.63) is 67.4 Å². The summed E-state index contributed by atoms with van der Waals surface area (Å²) in [5.74, 6) is 8.68. The average molecular weight is 1110 g/mol. The van der Waals surface area contributed by atoms with Crippen molar-refractivity contribution in [3.8, 4) is 0 Å². The predicted molar refractivity (Wildman–Crippen MR) is 281 cm³/mol. The zero-order valence-corrected chi connectivity index (χ0v) is 45.2. The molecule has 0 saturated carbocycles. The number of hydrogen-bond acceptors (Lipinski definition) is 21. The lowest BCUT2D eigenvalue weighted by molar-refractivity contribution is -0.651. The quantitative estimate of drug-likeness (QED) is 0.191. The van der Waals surface area contributed by atoms with E-state index in [2.05, 4.69) is 0 Å². The van der Waals surface area contributed by atoms with Crippen LogP contribution in [-0.4, -0.2) is 115 Å². The number of hydrogen-bond donors (Lipinski definition) is 0. The molecule has 0 bridgehead atoms. The standard InChI is InChI=1S/C11H18N2O5S.2C10H8S8.3H2O/c1-10(2)6-8(11(3,4)13(10)15)9(14)12(5)7-19(16,17)18;2*1-2-12-6-5(11-1)15-9(16-6)10-17-7-8(18-10)14-4-3-13-7;;;/h6H,7H2,1-5H3;2*1-4H2;3*1H2. The van der Waals surface area contributed by atoms with Crippen molar-refractivity contribution in [2.75, 3.05) is 58.9 Å². The summed E-state index contributed by atoms with van der Waals surface area (Å²) in [5.41, 5.74) is -1.73. The minimum absolute atomic E-state index is 0. The molecule has 27 heteroatoms. The first-order valence-electron chi connectivity index (χ1n) is 16.4. The fourth-order valence-electron chi connectivity index (χ4n) is 5.45. The molecule has 0 aliphatic carbocycles. The van der Waals surface area contributed by atoms with Crippen molar-refractivity contribution in [2.45, 2.75) is 38.8 Å². The minimum Gasteiger partial charge on any atom is -0.747 e. The summed E-state index contributed by atoms with van der Waals surface area (Å²) >= 11 is 32.5. The third kappa shape index (κ3) is 13.0. The van der Waals surface area contributed by atoms with Crippen LogP contribution in [0, 0.1) is 4.91 Å². The van der Waals surface area contributed by atoms with Gasteiger partial charge in [-0.25, -0.2) is 8.42 Å². The van der Waals surface area contributed by atoms with Gasteiger partial charge in [-0.15, -0.1) is 94.1 Å². The van der Waals surface area contributed by atoms with Gasteiger partial charge in [0.05, 0.1) is 56.4 Å². The number of nitrogens with zero attached hydrogens (tertiary/aromatic N) is 2. The molecule has 9 heterocycles. The second-order valence-electron chi connectivity index (χ2n) is 12.8. The fourth-order valence-corrected chi connectivity index (χ4v) is 30.5. The van der Waals surface area contributed by atoms with Gasteiger partial charge in [0.1, 0.15) is 16.0 Å². The van der Waals surface area contributed by atoms with Gasteiger partial charge in [-0.1, -0.05) is 94.1 Å². The normalized spacial score (nSPS) is 24.3. The van der Waals surface area contributed by atoms with Crippen molar-refractivity contribution in [2.24, 2.45) is 0 Å². The van der Waals surface area contributed by atoms with Crippen LogP contribution in [0.25, 0.3) is 0 Å². The number of likely N-dealkylation sites (N-methyl/N-ethyl adjacent to an activating group) is 1. The Kier molecular flexibility index (Phi) is 21.0. The first kappa shape index (κ1) is 53.3. The number of carbonyl (C=O) groups is 1. The van der Waals surface area contributed by atoms with Gasteiger partial charge in [-0.05, 0) is 0 Å². The van der Waals surface area contributed by atoms with Crippen LogP contribution in [-0.2, 0) is 14.9 Å². The van der Waals surface area contributed by atoms with Gasteiger partial charge in [0.25, 0.3) is 5.91 Å². The van der Waals surface area contributed by atoms with Crippen LogP contribution < -0.4 is 0 Å². The first-order chi connectivity index (χ1) is 26.1. The Labute approximate surface area is 408 Å². The molecule has 1 amide bonds. The van der Waals surface area contributed by atoms with E-state index in [-0.39, 0.29) is 22.0 Å². The van der Waals surface area contributed by atoms with Crippen LogP contribution in [0.4, 0.5) is 0 Å². The van der Waals surface area contributed by atoms with Gasteiger partial charge >= 0.3 is 0 Å². The lowest BCUT2D eigenvalue weighted by atomic mass is 9.96. The summed E-state index contributed by atoms with van der Waals surface area (Å²) in [6.07, 6.45) is 1.51. The molecule has 10 nitrogen and oxygen atoms in total. The molecule has 6 N–H and O–H groups in total. The Morgan fingerprint density at radius 1 is 0.569 bits per heavy atom. The number of nitroso groups, excluding NO2 is 1. The van der Waals surface area contributed by atoms with E-state index in [0.29, 0.717) is 0 Å². The maximum Gasteiger partial charge on any atom is 0.257 e. The summed E-state index contributed by atoms with van der Waals surface area (Å²) in [6.45, 7) is 6.48. The van der Waals surface area contributed by atoms with Crippen molar-refractivity contribution in [3.63, 3.8) is 0 Å². The molecule has 0 aromatic carbocycles. The third-order valence-electron chi connectivity index (χ3n) is 7.80. The molecule has 0 fully saturated rings. The van der Waals surface area contributed by atoms with E-state index < -0.39 is 33.0 Å². The molecular formula is C31H40N2O8S17. The van der Waals surface area contributed by atoms with E-state index in [0.717, 1.165) is 9.66 Å². The lowest BCUT2D eigenvalue weighted by Crippen LogP contribution is -2.44. The Morgan fingerprint density at radius 2 is 0.810 bits per heavy atom. The molecule has 0 aromatic rings. The number of amides is 1. The zero-order chi connectivity index (χ0) is 39.1. The highest BCUT2D eigenvalue weighted by Crippen LogP contribution is 2.69. The summed E-state index contributed by atoms with van der Waals surface area (Å²) in [4.78, 5) is 25.1. The Morgan fingerprint density at radius 3 is 1.00 bits per heavy atom. The SMILES string of the molecule is C1CSC2=C(S1)SC(=C1SC3=C(SCCS3)S1)S2.C1CSC2=C(S1)SC(=C1SC3=C(SCCS3)S1)S2.CN(CS(=O)(=O)[O-])C(=O)C1=CC(C)(C)[N+](=O)C1(C)C.O.O.O. The van der Waals surface area contributed by atoms with Crippen LogP contribution in [0.15, 0.2) is 62.5 Å². The van der Waals surface area contributed by atoms with Gasteiger partial charge in [0.15, 0.2) is 0 Å². The fraction of sp³-hybridized carbons (Fsp3) is 0.516. The second kappa shape index (κ2) is 22.9. The Balaban J connectivity index is 0.000000188. The third-order valence-corrected chi connectivity index (χ3v) is 32.7. The number of thioether (sulfide) groups is 16. The highest BCUT2D eigenvalue weighted by molar-refractivity contribution is 8.47. The second-order valence-corrected chi connectivity index (χ2v) is 34.3. The molecule has 324 valence electrons.